The third-order valence-corrected chi connectivity index (χ3v) is 5.78. The number of nitrogens with zero attached hydrogens (tertiary/aromatic N) is 1. The normalized spacial score (nSPS) is 26.5. The van der Waals surface area contributed by atoms with Crippen LogP contribution in [0.25, 0.3) is 0 Å². The number of hydrogen-bond acceptors (Lipinski definition) is 2. The number of carbonyl (C=O) groups is 1. The van der Waals surface area contributed by atoms with Gasteiger partial charge in [0.1, 0.15) is 0 Å². The van der Waals surface area contributed by atoms with E-state index in [9.17, 15) is 4.79 Å². The van der Waals surface area contributed by atoms with Crippen molar-refractivity contribution in [3.05, 3.63) is 0 Å². The Hall–Kier alpha value is -0.0900. The Kier molecular flexibility index (Phi) is 4.32. The number of piperidine rings is 1. The summed E-state index contributed by atoms with van der Waals surface area (Å²) >= 11 is 3.37. The lowest BCUT2D eigenvalue weighted by Gasteiger charge is -2.32. The Bertz CT molecular complexity index is 332. The van der Waals surface area contributed by atoms with Crippen LogP contribution >= 0.6 is 15.9 Å². The number of carbonyl (C=O) groups excluding carboxylic acids is 1. The van der Waals surface area contributed by atoms with E-state index in [1.54, 1.807) is 0 Å². The van der Waals surface area contributed by atoms with E-state index in [0.29, 0.717) is 12.0 Å². The molecule has 1 aliphatic heterocycles. The van der Waals surface area contributed by atoms with Crippen LogP contribution in [-0.2, 0) is 9.53 Å². The Morgan fingerprint density at radius 2 is 1.74 bits per heavy atom. The lowest BCUT2D eigenvalue weighted by atomic mass is 10.0. The van der Waals surface area contributed by atoms with E-state index in [0.717, 1.165) is 37.9 Å². The third-order valence-electron chi connectivity index (χ3n) is 5.45. The quantitative estimate of drug-likeness (QED) is 0.741. The summed E-state index contributed by atoms with van der Waals surface area (Å²) in [6.07, 6.45) is 2.29. The van der Waals surface area contributed by atoms with Crippen LogP contribution in [0.2, 0.25) is 0 Å². The SMILES string of the molecule is CC1(C)C(C(=O)N2CCC(OCCBr)CC2)C1(C)C. The van der Waals surface area contributed by atoms with E-state index in [4.69, 9.17) is 4.74 Å². The van der Waals surface area contributed by atoms with Gasteiger partial charge in [0, 0.05) is 24.3 Å². The summed E-state index contributed by atoms with van der Waals surface area (Å²) in [6.45, 7) is 11.3. The van der Waals surface area contributed by atoms with Gasteiger partial charge in [-0.25, -0.2) is 0 Å². The molecule has 0 radical (unpaired) electrons. The molecule has 0 aromatic heterocycles. The Morgan fingerprint density at radius 1 is 1.21 bits per heavy atom. The van der Waals surface area contributed by atoms with Crippen molar-refractivity contribution in [1.82, 2.24) is 4.90 Å². The van der Waals surface area contributed by atoms with Gasteiger partial charge in [-0.15, -0.1) is 0 Å². The fourth-order valence-corrected chi connectivity index (χ4v) is 3.64. The maximum atomic E-state index is 12.6. The molecule has 0 unspecified atom stereocenters. The molecule has 3 nitrogen and oxygen atoms in total. The predicted octanol–water partition coefficient (Wildman–Crippen LogP) is 3.07. The Labute approximate surface area is 125 Å². The van der Waals surface area contributed by atoms with Gasteiger partial charge >= 0.3 is 0 Å². The fraction of sp³-hybridized carbons (Fsp3) is 0.933. The van der Waals surface area contributed by atoms with Crippen molar-refractivity contribution in [2.45, 2.75) is 46.6 Å². The second-order valence-corrected chi connectivity index (χ2v) is 7.75. The van der Waals surface area contributed by atoms with Crippen molar-refractivity contribution in [2.24, 2.45) is 16.7 Å². The predicted molar refractivity (Wildman–Crippen MR) is 80.4 cm³/mol. The van der Waals surface area contributed by atoms with Crippen LogP contribution < -0.4 is 0 Å². The summed E-state index contributed by atoms with van der Waals surface area (Å²) in [6, 6.07) is 0. The van der Waals surface area contributed by atoms with Gasteiger partial charge in [-0.1, -0.05) is 43.6 Å². The zero-order chi connectivity index (χ0) is 14.3. The van der Waals surface area contributed by atoms with Gasteiger partial charge < -0.3 is 9.64 Å². The van der Waals surface area contributed by atoms with Crippen LogP contribution in [0.1, 0.15) is 40.5 Å². The van der Waals surface area contributed by atoms with E-state index in [1.807, 2.05) is 0 Å². The highest BCUT2D eigenvalue weighted by molar-refractivity contribution is 9.09. The molecule has 1 saturated heterocycles. The standard InChI is InChI=1S/C15H26BrNO2/c1-14(2)12(15(14,3)4)13(18)17-8-5-11(6-9-17)19-10-7-16/h11-12H,5-10H2,1-4H3. The second kappa shape index (κ2) is 5.36. The maximum absolute atomic E-state index is 12.6. The summed E-state index contributed by atoms with van der Waals surface area (Å²) in [4.78, 5) is 14.6. The van der Waals surface area contributed by atoms with Gasteiger partial charge in [0.15, 0.2) is 0 Å². The summed E-state index contributed by atoms with van der Waals surface area (Å²) < 4.78 is 5.73. The minimum atomic E-state index is 0.146. The van der Waals surface area contributed by atoms with Crippen LogP contribution in [0.5, 0.6) is 0 Å². The van der Waals surface area contributed by atoms with Gasteiger partial charge in [-0.3, -0.25) is 4.79 Å². The average molecular weight is 332 g/mol. The maximum Gasteiger partial charge on any atom is 0.226 e. The molecular weight excluding hydrogens is 306 g/mol. The number of rotatable bonds is 4. The van der Waals surface area contributed by atoms with Crippen LogP contribution in [0.3, 0.4) is 0 Å². The molecule has 1 saturated carbocycles. The molecule has 0 bridgehead atoms. The third kappa shape index (κ3) is 2.71. The van der Waals surface area contributed by atoms with Gasteiger partial charge in [0.2, 0.25) is 5.91 Å². The van der Waals surface area contributed by atoms with Crippen LogP contribution in [0.4, 0.5) is 0 Å². The molecule has 0 atom stereocenters. The molecule has 110 valence electrons. The number of hydrogen-bond donors (Lipinski definition) is 0. The molecule has 2 rings (SSSR count). The molecule has 0 aromatic carbocycles. The van der Waals surface area contributed by atoms with Crippen molar-refractivity contribution in [3.63, 3.8) is 0 Å². The summed E-state index contributed by atoms with van der Waals surface area (Å²) in [5.74, 6) is 0.550. The van der Waals surface area contributed by atoms with Crippen LogP contribution in [0.15, 0.2) is 0 Å². The minimum Gasteiger partial charge on any atom is -0.377 e. The second-order valence-electron chi connectivity index (χ2n) is 6.96. The molecule has 2 aliphatic rings. The molecular formula is C15H26BrNO2. The van der Waals surface area contributed by atoms with Gasteiger partial charge in [-0.2, -0.15) is 0 Å². The zero-order valence-electron chi connectivity index (χ0n) is 12.5. The van der Waals surface area contributed by atoms with Crippen molar-refractivity contribution in [2.75, 3.05) is 25.0 Å². The first-order valence-corrected chi connectivity index (χ1v) is 8.41. The molecule has 2 fully saturated rings. The largest absolute Gasteiger partial charge is 0.377 e. The molecule has 4 heteroatoms. The van der Waals surface area contributed by atoms with Crippen LogP contribution in [-0.4, -0.2) is 41.9 Å². The number of alkyl halides is 1. The summed E-state index contributed by atoms with van der Waals surface area (Å²) in [7, 11) is 0. The van der Waals surface area contributed by atoms with Crippen molar-refractivity contribution in [1.29, 1.82) is 0 Å². The van der Waals surface area contributed by atoms with Crippen molar-refractivity contribution in [3.8, 4) is 0 Å². The molecule has 0 spiro atoms. The number of halogens is 1. The average Bonchev–Trinajstić information content (AvgIpc) is 2.77. The van der Waals surface area contributed by atoms with E-state index in [1.165, 1.54) is 0 Å². The smallest absolute Gasteiger partial charge is 0.226 e. The number of ether oxygens (including phenoxy) is 1. The highest BCUT2D eigenvalue weighted by atomic mass is 79.9. The minimum absolute atomic E-state index is 0.146. The van der Waals surface area contributed by atoms with Crippen molar-refractivity contribution < 1.29 is 9.53 Å². The van der Waals surface area contributed by atoms with E-state index >= 15 is 0 Å². The van der Waals surface area contributed by atoms with Crippen LogP contribution in [0, 0.1) is 16.7 Å². The highest BCUT2D eigenvalue weighted by Gasteiger charge is 2.68. The number of likely N-dealkylation sites (tertiary alicyclic amines) is 1. The zero-order valence-corrected chi connectivity index (χ0v) is 14.1. The van der Waals surface area contributed by atoms with E-state index in [-0.39, 0.29) is 16.7 Å². The van der Waals surface area contributed by atoms with Crippen molar-refractivity contribution >= 4 is 21.8 Å². The number of amides is 1. The molecule has 1 aliphatic carbocycles. The van der Waals surface area contributed by atoms with Gasteiger partial charge in [0.05, 0.1) is 12.7 Å². The summed E-state index contributed by atoms with van der Waals surface area (Å²) in [5, 5.41) is 0.886. The highest BCUT2D eigenvalue weighted by Crippen LogP contribution is 2.68. The lowest BCUT2D eigenvalue weighted by molar-refractivity contribution is -0.136. The van der Waals surface area contributed by atoms with Gasteiger partial charge in [-0.05, 0) is 23.7 Å². The van der Waals surface area contributed by atoms with E-state index < -0.39 is 0 Å². The molecule has 0 aromatic rings. The molecule has 0 N–H and O–H groups in total. The first-order chi connectivity index (χ1) is 8.82. The topological polar surface area (TPSA) is 29.5 Å². The Morgan fingerprint density at radius 3 is 2.16 bits per heavy atom. The summed E-state index contributed by atoms with van der Waals surface area (Å²) in [5.41, 5.74) is 0.292. The molecule has 1 heterocycles. The van der Waals surface area contributed by atoms with Gasteiger partial charge in [0.25, 0.3) is 0 Å². The van der Waals surface area contributed by atoms with E-state index in [2.05, 4.69) is 48.5 Å². The lowest BCUT2D eigenvalue weighted by Crippen LogP contribution is -2.42. The fourth-order valence-electron chi connectivity index (χ4n) is 3.45. The monoisotopic (exact) mass is 331 g/mol. The first kappa shape index (κ1) is 15.3. The molecule has 1 amide bonds. The first-order valence-electron chi connectivity index (χ1n) is 7.28. The Balaban J connectivity index is 1.84. The molecule has 19 heavy (non-hydrogen) atoms.